The first-order valence-electron chi connectivity index (χ1n) is 9.03. The van der Waals surface area contributed by atoms with Gasteiger partial charge in [-0.05, 0) is 48.9 Å². The third-order valence-corrected chi connectivity index (χ3v) is 5.32. The van der Waals surface area contributed by atoms with Crippen molar-refractivity contribution in [2.24, 2.45) is 0 Å². The van der Waals surface area contributed by atoms with Crippen LogP contribution in [-0.4, -0.2) is 30.0 Å². The number of amides is 3. The van der Waals surface area contributed by atoms with E-state index in [0.717, 1.165) is 35.3 Å². The molecule has 0 radical (unpaired) electrons. The van der Waals surface area contributed by atoms with E-state index in [4.69, 9.17) is 4.74 Å². The number of imide groups is 1. The monoisotopic (exact) mass is 350 g/mol. The van der Waals surface area contributed by atoms with E-state index in [0.29, 0.717) is 6.42 Å². The summed E-state index contributed by atoms with van der Waals surface area (Å²) < 4.78 is 5.77. The molecule has 0 aromatic heterocycles. The third kappa shape index (κ3) is 2.64. The molecule has 0 saturated carbocycles. The molecule has 5 heteroatoms. The van der Waals surface area contributed by atoms with Crippen molar-refractivity contribution in [1.29, 1.82) is 0 Å². The molecule has 2 aromatic rings. The van der Waals surface area contributed by atoms with Gasteiger partial charge in [0.05, 0.1) is 6.54 Å². The first-order valence-corrected chi connectivity index (χ1v) is 9.03. The molecular weight excluding hydrogens is 328 g/mol. The third-order valence-electron chi connectivity index (χ3n) is 5.32. The van der Waals surface area contributed by atoms with E-state index in [1.165, 1.54) is 4.90 Å². The van der Waals surface area contributed by atoms with Crippen LogP contribution in [0.3, 0.4) is 0 Å². The van der Waals surface area contributed by atoms with Crippen LogP contribution in [0.5, 0.6) is 5.75 Å². The second-order valence-electron chi connectivity index (χ2n) is 6.92. The van der Waals surface area contributed by atoms with Crippen molar-refractivity contribution < 1.29 is 14.3 Å². The van der Waals surface area contributed by atoms with Gasteiger partial charge in [0.1, 0.15) is 17.9 Å². The van der Waals surface area contributed by atoms with Gasteiger partial charge in [0, 0.05) is 0 Å². The molecule has 5 nitrogen and oxygen atoms in total. The lowest BCUT2D eigenvalue weighted by molar-refractivity contribution is -0.132. The van der Waals surface area contributed by atoms with Crippen LogP contribution in [0, 0.1) is 6.92 Å². The first-order chi connectivity index (χ1) is 12.6. The van der Waals surface area contributed by atoms with E-state index in [1.807, 2.05) is 55.5 Å². The van der Waals surface area contributed by atoms with Crippen molar-refractivity contribution in [3.63, 3.8) is 0 Å². The van der Waals surface area contributed by atoms with Crippen LogP contribution in [-0.2, 0) is 16.8 Å². The number of nitrogens with one attached hydrogen (secondary N) is 1. The number of nitrogens with zero attached hydrogens (tertiary/aromatic N) is 1. The van der Waals surface area contributed by atoms with E-state index >= 15 is 0 Å². The fraction of sp³-hybridized carbons (Fsp3) is 0.333. The Bertz CT molecular complexity index is 864. The van der Waals surface area contributed by atoms with Crippen LogP contribution in [0.25, 0.3) is 0 Å². The maximum atomic E-state index is 13.2. The summed E-state index contributed by atoms with van der Waals surface area (Å²) in [7, 11) is 0. The molecule has 134 valence electrons. The molecule has 2 aliphatic rings. The summed E-state index contributed by atoms with van der Waals surface area (Å²) in [5.74, 6) is 0.611. The summed E-state index contributed by atoms with van der Waals surface area (Å²) in [5.41, 5.74) is 2.20. The number of benzene rings is 2. The predicted octanol–water partition coefficient (Wildman–Crippen LogP) is 3.16. The van der Waals surface area contributed by atoms with Gasteiger partial charge in [0.15, 0.2) is 0 Å². The van der Waals surface area contributed by atoms with Gasteiger partial charge in [-0.1, -0.05) is 42.5 Å². The van der Waals surface area contributed by atoms with Crippen LogP contribution in [0.15, 0.2) is 48.5 Å². The van der Waals surface area contributed by atoms with Crippen molar-refractivity contribution in [2.45, 2.75) is 31.7 Å². The average Bonchev–Trinajstić information content (AvgIpc) is 2.88. The number of urea groups is 1. The van der Waals surface area contributed by atoms with Crippen molar-refractivity contribution in [3.8, 4) is 5.75 Å². The summed E-state index contributed by atoms with van der Waals surface area (Å²) in [6.45, 7) is 2.49. The van der Waals surface area contributed by atoms with Crippen LogP contribution < -0.4 is 10.1 Å². The van der Waals surface area contributed by atoms with Crippen molar-refractivity contribution >= 4 is 11.9 Å². The van der Waals surface area contributed by atoms with Gasteiger partial charge >= 0.3 is 6.03 Å². The van der Waals surface area contributed by atoms with Gasteiger partial charge in [-0.3, -0.25) is 9.69 Å². The summed E-state index contributed by atoms with van der Waals surface area (Å²) in [6.07, 6.45) is 2.47. The zero-order chi connectivity index (χ0) is 18.1. The molecule has 3 amide bonds. The van der Waals surface area contributed by atoms with Gasteiger partial charge in [-0.15, -0.1) is 0 Å². The highest BCUT2D eigenvalue weighted by Crippen LogP contribution is 2.39. The summed E-state index contributed by atoms with van der Waals surface area (Å²) >= 11 is 0. The van der Waals surface area contributed by atoms with Gasteiger partial charge < -0.3 is 10.1 Å². The number of fused-ring (bicyclic) bond motifs is 2. The molecule has 1 aliphatic carbocycles. The lowest BCUT2D eigenvalue weighted by Crippen LogP contribution is -2.46. The first kappa shape index (κ1) is 16.6. The number of carbonyl (C=O) groups excluding carboxylic acids is 2. The Hall–Kier alpha value is -2.82. The van der Waals surface area contributed by atoms with Crippen LogP contribution in [0.4, 0.5) is 4.79 Å². The van der Waals surface area contributed by atoms with Crippen molar-refractivity contribution in [2.75, 3.05) is 13.2 Å². The standard InChI is InChI=1S/C21H22N2O3/c1-15-7-2-5-11-18(15)26-14-13-23-19(24)21(22-20(23)25)12-6-9-16-8-3-4-10-17(16)21/h2-5,7-8,10-11H,6,9,12-14H2,1H3,(H,22,25)/t21-/m1/s1. The number of hydrogen-bond donors (Lipinski definition) is 1. The van der Waals surface area contributed by atoms with Gasteiger partial charge in [0.25, 0.3) is 5.91 Å². The van der Waals surface area contributed by atoms with Gasteiger partial charge in [0.2, 0.25) is 0 Å². The van der Waals surface area contributed by atoms with Crippen LogP contribution in [0.1, 0.15) is 29.5 Å². The minimum atomic E-state index is -0.908. The fourth-order valence-electron chi connectivity index (χ4n) is 3.98. The molecule has 1 atom stereocenters. The number of aryl methyl sites for hydroxylation is 2. The smallest absolute Gasteiger partial charge is 0.325 e. The molecule has 0 bridgehead atoms. The predicted molar refractivity (Wildman–Crippen MR) is 98.0 cm³/mol. The zero-order valence-electron chi connectivity index (χ0n) is 14.8. The van der Waals surface area contributed by atoms with E-state index in [1.54, 1.807) is 0 Å². The molecule has 1 N–H and O–H groups in total. The van der Waals surface area contributed by atoms with E-state index in [2.05, 4.69) is 5.32 Å². The van der Waals surface area contributed by atoms with Crippen LogP contribution >= 0.6 is 0 Å². The highest BCUT2D eigenvalue weighted by atomic mass is 16.5. The topological polar surface area (TPSA) is 58.6 Å². The minimum Gasteiger partial charge on any atom is -0.491 e. The number of carbonyl (C=O) groups is 2. The molecule has 1 fully saturated rings. The minimum absolute atomic E-state index is 0.164. The lowest BCUT2D eigenvalue weighted by atomic mass is 9.76. The van der Waals surface area contributed by atoms with Crippen molar-refractivity contribution in [3.05, 3.63) is 65.2 Å². The van der Waals surface area contributed by atoms with Gasteiger partial charge in [-0.2, -0.15) is 0 Å². The van der Waals surface area contributed by atoms with Gasteiger partial charge in [-0.25, -0.2) is 4.79 Å². The van der Waals surface area contributed by atoms with E-state index in [-0.39, 0.29) is 25.1 Å². The quantitative estimate of drug-likeness (QED) is 0.862. The zero-order valence-corrected chi connectivity index (χ0v) is 14.8. The molecule has 26 heavy (non-hydrogen) atoms. The number of hydrogen-bond acceptors (Lipinski definition) is 3. The van der Waals surface area contributed by atoms with Crippen LogP contribution in [0.2, 0.25) is 0 Å². The maximum Gasteiger partial charge on any atom is 0.325 e. The Morgan fingerprint density at radius 3 is 2.73 bits per heavy atom. The highest BCUT2D eigenvalue weighted by molar-refractivity contribution is 6.07. The number of ether oxygens (including phenoxy) is 1. The summed E-state index contributed by atoms with van der Waals surface area (Å²) in [5, 5.41) is 2.97. The summed E-state index contributed by atoms with van der Waals surface area (Å²) in [4.78, 5) is 27.0. The average molecular weight is 350 g/mol. The summed E-state index contributed by atoms with van der Waals surface area (Å²) in [6, 6.07) is 15.3. The van der Waals surface area contributed by atoms with Crippen molar-refractivity contribution in [1.82, 2.24) is 10.2 Å². The Morgan fingerprint density at radius 1 is 1.12 bits per heavy atom. The maximum absolute atomic E-state index is 13.2. The Labute approximate surface area is 153 Å². The molecule has 1 heterocycles. The largest absolute Gasteiger partial charge is 0.491 e. The molecule has 1 aliphatic heterocycles. The molecular formula is C21H22N2O3. The Morgan fingerprint density at radius 2 is 1.88 bits per heavy atom. The second-order valence-corrected chi connectivity index (χ2v) is 6.92. The Kier molecular flexibility index (Phi) is 4.15. The fourth-order valence-corrected chi connectivity index (χ4v) is 3.98. The number of para-hydroxylation sites is 1. The van der Waals surface area contributed by atoms with E-state index in [9.17, 15) is 9.59 Å². The molecule has 4 rings (SSSR count). The molecule has 1 spiro atoms. The molecule has 2 aromatic carbocycles. The highest BCUT2D eigenvalue weighted by Gasteiger charge is 2.53. The Balaban J connectivity index is 1.51. The second kappa shape index (κ2) is 6.48. The molecule has 1 saturated heterocycles. The SMILES string of the molecule is Cc1ccccc1OCCN1C(=O)N[C@@]2(CCCc3ccccc32)C1=O. The molecule has 0 unspecified atom stereocenters. The normalized spacial score (nSPS) is 21.7. The lowest BCUT2D eigenvalue weighted by Gasteiger charge is -2.33. The number of rotatable bonds is 4. The van der Waals surface area contributed by atoms with E-state index < -0.39 is 5.54 Å².